The van der Waals surface area contributed by atoms with E-state index in [9.17, 15) is 9.18 Å². The quantitative estimate of drug-likeness (QED) is 0.102. The van der Waals surface area contributed by atoms with Crippen molar-refractivity contribution in [3.05, 3.63) is 52.6 Å². The van der Waals surface area contributed by atoms with Gasteiger partial charge in [0.1, 0.15) is 31.2 Å². The van der Waals surface area contributed by atoms with Crippen LogP contribution in [-0.2, 0) is 4.74 Å². The number of benzene rings is 3. The number of anilines is 2. The molecule has 61 heavy (non-hydrogen) atoms. The maximum absolute atomic E-state index is 17.9. The van der Waals surface area contributed by atoms with Gasteiger partial charge in [0.05, 0.1) is 17.2 Å². The lowest BCUT2D eigenvalue weighted by atomic mass is 9.92. The number of ether oxygens (including phenoxy) is 2. The number of hydrogen-bond acceptors (Lipinski definition) is 8. The molecule has 2 aliphatic rings. The van der Waals surface area contributed by atoms with Crippen molar-refractivity contribution >= 4 is 58.9 Å². The first kappa shape index (κ1) is 46.3. The molecule has 0 saturated carbocycles. The first-order valence-corrected chi connectivity index (χ1v) is 24.4. The Kier molecular flexibility index (Phi) is 14.4. The lowest BCUT2D eigenvalue weighted by Crippen LogP contribution is -2.49. The predicted molar refractivity (Wildman–Crippen MR) is 244 cm³/mol. The molecule has 1 amide bonds. The van der Waals surface area contributed by atoms with Crippen molar-refractivity contribution in [2.45, 2.75) is 129 Å². The van der Waals surface area contributed by atoms with Crippen LogP contribution in [0.5, 0.6) is 6.01 Å². The van der Waals surface area contributed by atoms with E-state index in [0.29, 0.717) is 72.0 Å². The van der Waals surface area contributed by atoms with Crippen LogP contribution in [0.25, 0.3) is 32.8 Å². The van der Waals surface area contributed by atoms with Gasteiger partial charge in [-0.3, -0.25) is 5.01 Å². The molecule has 14 heteroatoms. The summed E-state index contributed by atoms with van der Waals surface area (Å²) in [5.74, 6) is 2.04. The molecule has 9 nitrogen and oxygen atoms in total. The van der Waals surface area contributed by atoms with Gasteiger partial charge in [-0.2, -0.15) is 9.97 Å². The van der Waals surface area contributed by atoms with Crippen molar-refractivity contribution in [3.8, 4) is 28.6 Å². The van der Waals surface area contributed by atoms with Crippen LogP contribution in [0.2, 0.25) is 21.6 Å². The number of nitrogens with two attached hydrogens (primary N) is 1. The summed E-state index contributed by atoms with van der Waals surface area (Å²) in [6.45, 7) is 20.3. The maximum Gasteiger partial charge on any atom is 0.429 e. The second kappa shape index (κ2) is 19.0. The van der Waals surface area contributed by atoms with E-state index in [2.05, 4.69) is 63.3 Å². The summed E-state index contributed by atoms with van der Waals surface area (Å²) in [7, 11) is -2.33. The van der Waals surface area contributed by atoms with E-state index in [1.165, 1.54) is 11.1 Å². The van der Waals surface area contributed by atoms with Crippen LogP contribution in [0.4, 0.5) is 29.5 Å². The molecule has 330 valence electrons. The summed E-state index contributed by atoms with van der Waals surface area (Å²) in [4.78, 5) is 23.3. The van der Waals surface area contributed by atoms with Gasteiger partial charge < -0.3 is 20.5 Å². The van der Waals surface area contributed by atoms with Crippen LogP contribution in [0.15, 0.2) is 30.3 Å². The van der Waals surface area contributed by atoms with Crippen molar-refractivity contribution in [2.24, 2.45) is 5.92 Å². The molecule has 0 aliphatic carbocycles. The van der Waals surface area contributed by atoms with Crippen molar-refractivity contribution in [2.75, 3.05) is 43.5 Å². The molecule has 0 radical (unpaired) electrons. The van der Waals surface area contributed by atoms with Gasteiger partial charge in [-0.25, -0.2) is 23.0 Å². The number of rotatable bonds is 8. The average Bonchev–Trinajstić information content (AvgIpc) is 3.42. The fraction of sp³-hybridized carbons (Fsp3) is 0.553. The zero-order valence-electron chi connectivity index (χ0n) is 37.2. The lowest BCUT2D eigenvalue weighted by Gasteiger charge is -2.38. The second-order valence-electron chi connectivity index (χ2n) is 18.7. The summed E-state index contributed by atoms with van der Waals surface area (Å²) in [6.07, 6.45) is 2.49. The SMILES string of the molecule is CC(C)[Si](C#Cc1c(F)ccc2cc(N)cc(-c3c(Cl)cc4c(N5CCCCCN5C(=O)OC(C)(C)C)nc(OC[C@@H]5CCCNC[C@H](F)C5)nc4c3F)c12)(C(C)C)C(C)C. The van der Waals surface area contributed by atoms with Gasteiger partial charge in [-0.05, 0) is 124 Å². The zero-order chi connectivity index (χ0) is 44.4. The molecule has 3 heterocycles. The van der Waals surface area contributed by atoms with E-state index in [1.807, 2.05) is 0 Å². The Balaban J connectivity index is 1.60. The van der Waals surface area contributed by atoms with E-state index in [4.69, 9.17) is 31.8 Å². The number of nitrogens with one attached hydrogen (secondary N) is 1. The molecular weight excluding hydrogens is 817 g/mol. The number of fused-ring (bicyclic) bond motifs is 2. The lowest BCUT2D eigenvalue weighted by molar-refractivity contribution is 0.0232. The summed E-state index contributed by atoms with van der Waals surface area (Å²) in [6, 6.07) is 7.75. The van der Waals surface area contributed by atoms with Crippen LogP contribution in [0.3, 0.4) is 0 Å². The molecule has 0 unspecified atom stereocenters. The van der Waals surface area contributed by atoms with Crippen molar-refractivity contribution in [1.82, 2.24) is 20.3 Å². The molecule has 6 rings (SSSR count). The van der Waals surface area contributed by atoms with E-state index < -0.39 is 37.6 Å². The molecule has 2 fully saturated rings. The third kappa shape index (κ3) is 10.0. The van der Waals surface area contributed by atoms with E-state index in [-0.39, 0.29) is 63.5 Å². The number of nitrogen functional groups attached to an aromatic ring is 1. The Morgan fingerprint density at radius 3 is 2.41 bits per heavy atom. The third-order valence-corrected chi connectivity index (χ3v) is 18.8. The topological polar surface area (TPSA) is 106 Å². The van der Waals surface area contributed by atoms with Crippen LogP contribution in [-0.4, -0.2) is 73.7 Å². The highest BCUT2D eigenvalue weighted by Gasteiger charge is 2.42. The Bertz CT molecular complexity index is 2290. The van der Waals surface area contributed by atoms with Gasteiger partial charge in [0.15, 0.2) is 11.6 Å². The monoisotopic (exact) mass is 878 g/mol. The van der Waals surface area contributed by atoms with Gasteiger partial charge >= 0.3 is 12.1 Å². The first-order chi connectivity index (χ1) is 28.8. The molecular formula is C47H62ClF3N6O3Si. The summed E-state index contributed by atoms with van der Waals surface area (Å²) >= 11 is 7.18. The summed E-state index contributed by atoms with van der Waals surface area (Å²) < 4.78 is 61.0. The van der Waals surface area contributed by atoms with Crippen LogP contribution in [0.1, 0.15) is 106 Å². The Morgan fingerprint density at radius 2 is 1.72 bits per heavy atom. The average molecular weight is 880 g/mol. The fourth-order valence-electron chi connectivity index (χ4n) is 9.40. The second-order valence-corrected chi connectivity index (χ2v) is 24.6. The Labute approximate surface area is 365 Å². The number of hydrazine groups is 1. The first-order valence-electron chi connectivity index (χ1n) is 21.8. The Morgan fingerprint density at radius 1 is 1.02 bits per heavy atom. The molecule has 4 aromatic rings. The van der Waals surface area contributed by atoms with E-state index >= 15 is 8.78 Å². The van der Waals surface area contributed by atoms with Gasteiger partial charge in [0.25, 0.3) is 0 Å². The number of amides is 1. The molecule has 0 bridgehead atoms. The molecule has 2 aliphatic heterocycles. The normalized spacial score (nSPS) is 18.3. The largest absolute Gasteiger partial charge is 0.463 e. The minimum Gasteiger partial charge on any atom is -0.463 e. The van der Waals surface area contributed by atoms with Gasteiger partial charge in [-0.1, -0.05) is 65.1 Å². The number of carbonyl (C=O) groups is 1. The number of halogens is 4. The number of nitrogens with zero attached hydrogens (tertiary/aromatic N) is 4. The smallest absolute Gasteiger partial charge is 0.429 e. The number of hydrogen-bond donors (Lipinski definition) is 2. The maximum atomic E-state index is 17.9. The molecule has 2 saturated heterocycles. The van der Waals surface area contributed by atoms with Crippen LogP contribution in [0, 0.1) is 29.0 Å². The standard InChI is InChI=1S/C47H62ClF3N6O3Si/c1-28(2)61(29(3)4,30(5)6)21-17-35-39(50)16-15-32-23-34(52)24-36(40(32)35)41-38(48)25-37-43(42(41)51)54-45(59-27-31-14-13-18-53-26-33(49)22-31)55-44(37)56-19-11-10-12-20-57(56)46(58)60-47(7,8)9/h15-16,23-25,28-31,33,53H,10-14,18-20,22,26-27,52H2,1-9H3/t31-,33-/m1/s1. The molecule has 2 atom stereocenters. The third-order valence-electron chi connectivity index (χ3n) is 12.2. The van der Waals surface area contributed by atoms with Gasteiger partial charge in [0, 0.05) is 41.7 Å². The summed E-state index contributed by atoms with van der Waals surface area (Å²) in [5.41, 5.74) is 10.8. The van der Waals surface area contributed by atoms with Crippen LogP contribution >= 0.6 is 11.6 Å². The highest BCUT2D eigenvalue weighted by Crippen LogP contribution is 2.45. The minimum absolute atomic E-state index is 0.00427. The number of aromatic nitrogens is 2. The predicted octanol–water partition coefficient (Wildman–Crippen LogP) is 11.8. The molecule has 3 N–H and O–H groups in total. The highest BCUT2D eigenvalue weighted by molar-refractivity contribution is 6.90. The van der Waals surface area contributed by atoms with E-state index in [1.54, 1.807) is 50.0 Å². The van der Waals surface area contributed by atoms with Crippen molar-refractivity contribution in [3.63, 3.8) is 0 Å². The minimum atomic E-state index is -2.33. The zero-order valence-corrected chi connectivity index (χ0v) is 38.9. The van der Waals surface area contributed by atoms with Crippen LogP contribution < -0.4 is 20.8 Å². The van der Waals surface area contributed by atoms with Crippen molar-refractivity contribution in [1.29, 1.82) is 0 Å². The molecule has 3 aromatic carbocycles. The van der Waals surface area contributed by atoms with Crippen molar-refractivity contribution < 1.29 is 27.4 Å². The van der Waals surface area contributed by atoms with Gasteiger partial charge in [0.2, 0.25) is 0 Å². The van der Waals surface area contributed by atoms with Gasteiger partial charge in [-0.15, -0.1) is 5.54 Å². The highest BCUT2D eigenvalue weighted by atomic mass is 35.5. The molecule has 1 aromatic heterocycles. The fourth-order valence-corrected chi connectivity index (χ4v) is 14.9. The molecule has 0 spiro atoms. The number of carbonyl (C=O) groups excluding carboxylic acids is 1. The number of alkyl halides is 1. The summed E-state index contributed by atoms with van der Waals surface area (Å²) in [5, 5.41) is 7.51. The Hall–Kier alpha value is -4.25. The van der Waals surface area contributed by atoms with E-state index in [0.717, 1.165) is 19.3 Å².